The summed E-state index contributed by atoms with van der Waals surface area (Å²) in [6.07, 6.45) is 0. The molecule has 0 saturated carbocycles. The van der Waals surface area contributed by atoms with Crippen LogP contribution in [0.4, 0.5) is 17.6 Å². The standard InChI is InChI=1S/C18H14F4N4O2/c1-9(13-5-3-11(19)7-15(13)21)23-25-17(27)18(28)26-24-10(2)14-6-4-12(20)8-16(14)22/h3-8H,1-2H3,(H,25,27)(H,26,28)/b23-9-,24-10-. The summed E-state index contributed by atoms with van der Waals surface area (Å²) in [6.45, 7) is 2.68. The van der Waals surface area contributed by atoms with Crippen LogP contribution in [0.25, 0.3) is 0 Å². The van der Waals surface area contributed by atoms with Gasteiger partial charge in [0.15, 0.2) is 0 Å². The van der Waals surface area contributed by atoms with Gasteiger partial charge in [-0.15, -0.1) is 0 Å². The molecule has 2 rings (SSSR count). The third-order valence-electron chi connectivity index (χ3n) is 3.50. The molecule has 0 spiro atoms. The van der Waals surface area contributed by atoms with Gasteiger partial charge in [-0.3, -0.25) is 9.59 Å². The molecule has 0 bridgehead atoms. The lowest BCUT2D eigenvalue weighted by Gasteiger charge is -2.05. The van der Waals surface area contributed by atoms with Gasteiger partial charge in [0.2, 0.25) is 0 Å². The summed E-state index contributed by atoms with van der Waals surface area (Å²) in [5.41, 5.74) is 3.63. The number of carbonyl (C=O) groups excluding carboxylic acids is 2. The molecule has 146 valence electrons. The van der Waals surface area contributed by atoms with E-state index in [1.54, 1.807) is 0 Å². The Balaban J connectivity index is 2.01. The molecule has 28 heavy (non-hydrogen) atoms. The van der Waals surface area contributed by atoms with Crippen LogP contribution in [0.15, 0.2) is 46.6 Å². The summed E-state index contributed by atoms with van der Waals surface area (Å²) in [6, 6.07) is 5.57. The molecule has 2 aromatic carbocycles. The normalized spacial score (nSPS) is 11.9. The summed E-state index contributed by atoms with van der Waals surface area (Å²) in [4.78, 5) is 23.4. The van der Waals surface area contributed by atoms with Crippen molar-refractivity contribution in [3.05, 3.63) is 70.8 Å². The fourth-order valence-electron chi connectivity index (χ4n) is 2.06. The van der Waals surface area contributed by atoms with E-state index < -0.39 is 35.1 Å². The van der Waals surface area contributed by atoms with Crippen molar-refractivity contribution in [1.82, 2.24) is 10.9 Å². The van der Waals surface area contributed by atoms with Gasteiger partial charge in [0, 0.05) is 23.3 Å². The molecule has 0 radical (unpaired) electrons. The smallest absolute Gasteiger partial charge is 0.262 e. The first-order valence-corrected chi connectivity index (χ1v) is 7.78. The summed E-state index contributed by atoms with van der Waals surface area (Å²) < 4.78 is 53.0. The number of halogens is 4. The topological polar surface area (TPSA) is 82.9 Å². The SMILES string of the molecule is C/C(=N/NC(=O)C(=O)N/N=C(/C)c1ccc(F)cc1F)c1ccc(F)cc1F. The zero-order valence-corrected chi connectivity index (χ0v) is 14.7. The van der Waals surface area contributed by atoms with Crippen LogP contribution in [0.5, 0.6) is 0 Å². The second-order valence-corrected chi connectivity index (χ2v) is 5.52. The van der Waals surface area contributed by atoms with Gasteiger partial charge in [-0.25, -0.2) is 28.4 Å². The van der Waals surface area contributed by atoms with E-state index in [-0.39, 0.29) is 22.6 Å². The quantitative estimate of drug-likeness (QED) is 0.362. The van der Waals surface area contributed by atoms with E-state index in [0.717, 1.165) is 24.3 Å². The molecule has 0 unspecified atom stereocenters. The molecule has 0 aliphatic heterocycles. The second kappa shape index (κ2) is 8.89. The van der Waals surface area contributed by atoms with Crippen molar-refractivity contribution in [1.29, 1.82) is 0 Å². The number of nitrogens with zero attached hydrogens (tertiary/aromatic N) is 2. The van der Waals surface area contributed by atoms with Crippen LogP contribution in [0.2, 0.25) is 0 Å². The van der Waals surface area contributed by atoms with Crippen LogP contribution in [-0.4, -0.2) is 23.2 Å². The first-order chi connectivity index (χ1) is 13.2. The number of hydrogen-bond donors (Lipinski definition) is 2. The van der Waals surface area contributed by atoms with Gasteiger partial charge < -0.3 is 0 Å². The molecule has 0 aliphatic rings. The van der Waals surface area contributed by atoms with Crippen molar-refractivity contribution in [2.75, 3.05) is 0 Å². The van der Waals surface area contributed by atoms with Gasteiger partial charge >= 0.3 is 11.8 Å². The molecule has 0 fully saturated rings. The molecule has 2 aromatic rings. The maximum Gasteiger partial charge on any atom is 0.331 e. The Morgan fingerprint density at radius 3 is 1.39 bits per heavy atom. The summed E-state index contributed by atoms with van der Waals surface area (Å²) in [5.74, 6) is -5.77. The van der Waals surface area contributed by atoms with Gasteiger partial charge in [0.1, 0.15) is 23.3 Å². The molecule has 0 atom stereocenters. The zero-order chi connectivity index (χ0) is 20.8. The van der Waals surface area contributed by atoms with Crippen LogP contribution in [0.3, 0.4) is 0 Å². The van der Waals surface area contributed by atoms with Crippen LogP contribution >= 0.6 is 0 Å². The molecule has 2 N–H and O–H groups in total. The monoisotopic (exact) mass is 394 g/mol. The molecule has 0 aliphatic carbocycles. The van der Waals surface area contributed by atoms with E-state index >= 15 is 0 Å². The molecule has 0 aromatic heterocycles. The maximum atomic E-state index is 13.6. The van der Waals surface area contributed by atoms with E-state index in [0.29, 0.717) is 12.1 Å². The Hall–Kier alpha value is -3.56. The van der Waals surface area contributed by atoms with Crippen LogP contribution < -0.4 is 10.9 Å². The third-order valence-corrected chi connectivity index (χ3v) is 3.50. The fraction of sp³-hybridized carbons (Fsp3) is 0.111. The van der Waals surface area contributed by atoms with Crippen LogP contribution in [-0.2, 0) is 9.59 Å². The summed E-state index contributed by atoms with van der Waals surface area (Å²) in [5, 5.41) is 7.12. The highest BCUT2D eigenvalue weighted by Gasteiger charge is 2.14. The highest BCUT2D eigenvalue weighted by Crippen LogP contribution is 2.11. The van der Waals surface area contributed by atoms with Crippen molar-refractivity contribution in [3.63, 3.8) is 0 Å². The Kier molecular flexibility index (Phi) is 6.59. The van der Waals surface area contributed by atoms with Crippen molar-refractivity contribution in [3.8, 4) is 0 Å². The van der Waals surface area contributed by atoms with Gasteiger partial charge in [0.05, 0.1) is 11.4 Å². The van der Waals surface area contributed by atoms with Gasteiger partial charge in [0.25, 0.3) is 0 Å². The molecular weight excluding hydrogens is 380 g/mol. The molecule has 6 nitrogen and oxygen atoms in total. The minimum atomic E-state index is -1.22. The van der Waals surface area contributed by atoms with Crippen molar-refractivity contribution in [2.45, 2.75) is 13.8 Å². The lowest BCUT2D eigenvalue weighted by Crippen LogP contribution is -2.36. The largest absolute Gasteiger partial charge is 0.331 e. The van der Waals surface area contributed by atoms with Gasteiger partial charge in [-0.2, -0.15) is 10.2 Å². The number of hydrazone groups is 2. The van der Waals surface area contributed by atoms with Crippen molar-refractivity contribution in [2.24, 2.45) is 10.2 Å². The number of nitrogens with one attached hydrogen (secondary N) is 2. The number of carbonyl (C=O) groups is 2. The minimum absolute atomic E-state index is 0.00767. The lowest BCUT2D eigenvalue weighted by molar-refractivity contribution is -0.139. The second-order valence-electron chi connectivity index (χ2n) is 5.52. The Morgan fingerprint density at radius 2 is 1.07 bits per heavy atom. The minimum Gasteiger partial charge on any atom is -0.262 e. The zero-order valence-electron chi connectivity index (χ0n) is 14.7. The van der Waals surface area contributed by atoms with E-state index in [9.17, 15) is 27.2 Å². The van der Waals surface area contributed by atoms with Gasteiger partial charge in [-0.1, -0.05) is 0 Å². The number of hydrogen-bond acceptors (Lipinski definition) is 4. The molecular formula is C18H14F4N4O2. The predicted molar refractivity (Wildman–Crippen MR) is 93.4 cm³/mol. The summed E-state index contributed by atoms with van der Waals surface area (Å²) >= 11 is 0. The Bertz CT molecular complexity index is 910. The Labute approximate surface area is 156 Å². The maximum absolute atomic E-state index is 13.6. The average molecular weight is 394 g/mol. The molecule has 0 saturated heterocycles. The Morgan fingerprint density at radius 1 is 0.714 bits per heavy atom. The number of benzene rings is 2. The number of amides is 2. The molecule has 2 amide bonds. The molecule has 0 heterocycles. The summed E-state index contributed by atoms with van der Waals surface area (Å²) in [7, 11) is 0. The van der Waals surface area contributed by atoms with E-state index in [2.05, 4.69) is 10.2 Å². The van der Waals surface area contributed by atoms with Crippen molar-refractivity contribution < 1.29 is 27.2 Å². The predicted octanol–water partition coefficient (Wildman–Crippen LogP) is 2.62. The number of rotatable bonds is 4. The van der Waals surface area contributed by atoms with Gasteiger partial charge in [-0.05, 0) is 38.1 Å². The molecule has 10 heteroatoms. The highest BCUT2D eigenvalue weighted by atomic mass is 19.1. The van der Waals surface area contributed by atoms with E-state index in [4.69, 9.17) is 0 Å². The fourth-order valence-corrected chi connectivity index (χ4v) is 2.06. The van der Waals surface area contributed by atoms with Crippen LogP contribution in [0.1, 0.15) is 25.0 Å². The van der Waals surface area contributed by atoms with Crippen molar-refractivity contribution >= 4 is 23.2 Å². The van der Waals surface area contributed by atoms with E-state index in [1.165, 1.54) is 13.8 Å². The highest BCUT2D eigenvalue weighted by molar-refractivity contribution is 6.35. The lowest BCUT2D eigenvalue weighted by atomic mass is 10.1. The average Bonchev–Trinajstić information content (AvgIpc) is 2.63. The van der Waals surface area contributed by atoms with E-state index in [1.807, 2.05) is 10.9 Å². The third kappa shape index (κ3) is 5.22. The van der Waals surface area contributed by atoms with Crippen LogP contribution in [0, 0.1) is 23.3 Å². The first kappa shape index (κ1) is 20.7. The first-order valence-electron chi connectivity index (χ1n) is 7.78.